The highest BCUT2D eigenvalue weighted by Crippen LogP contribution is 2.32. The van der Waals surface area contributed by atoms with Crippen LogP contribution in [-0.4, -0.2) is 12.6 Å². The Balaban J connectivity index is 1.87. The molecule has 0 saturated carbocycles. The van der Waals surface area contributed by atoms with E-state index in [-0.39, 0.29) is 0 Å². The Morgan fingerprint density at radius 2 is 2.36 bits per heavy atom. The topological polar surface area (TPSA) is 12.0 Å². The summed E-state index contributed by atoms with van der Waals surface area (Å²) in [7, 11) is 0. The van der Waals surface area contributed by atoms with Gasteiger partial charge in [0.25, 0.3) is 0 Å². The number of hydrogen-bond acceptors (Lipinski definition) is 2. The lowest BCUT2D eigenvalue weighted by atomic mass is 10.1. The van der Waals surface area contributed by atoms with Crippen LogP contribution >= 0.6 is 34.5 Å². The third-order valence-corrected chi connectivity index (χ3v) is 4.22. The second-order valence-corrected chi connectivity index (χ2v) is 5.97. The second kappa shape index (κ2) is 4.84. The minimum absolute atomic E-state index is 0.685. The number of aryl methyl sites for hydroxylation is 1. The van der Waals surface area contributed by atoms with Gasteiger partial charge < -0.3 is 5.32 Å². The van der Waals surface area contributed by atoms with Crippen molar-refractivity contribution >= 4 is 34.5 Å². The molecule has 0 aromatic carbocycles. The highest BCUT2D eigenvalue weighted by Gasteiger charge is 2.15. The van der Waals surface area contributed by atoms with Gasteiger partial charge in [-0.15, -0.1) is 11.3 Å². The molecule has 78 valence electrons. The van der Waals surface area contributed by atoms with E-state index >= 15 is 0 Å². The Labute approximate surface area is 98.4 Å². The zero-order valence-electron chi connectivity index (χ0n) is 7.85. The summed E-state index contributed by atoms with van der Waals surface area (Å²) in [4.78, 5) is 0. The van der Waals surface area contributed by atoms with Crippen LogP contribution in [0, 0.1) is 0 Å². The van der Waals surface area contributed by atoms with Gasteiger partial charge in [-0.1, -0.05) is 23.2 Å². The van der Waals surface area contributed by atoms with Crippen LogP contribution in [0.25, 0.3) is 0 Å². The van der Waals surface area contributed by atoms with Crippen LogP contribution in [0.1, 0.15) is 24.8 Å². The summed E-state index contributed by atoms with van der Waals surface area (Å²) in [6.07, 6.45) is 4.82. The Hall–Kier alpha value is 0.240. The van der Waals surface area contributed by atoms with Crippen LogP contribution in [0.2, 0.25) is 8.67 Å². The third-order valence-electron chi connectivity index (χ3n) is 2.65. The van der Waals surface area contributed by atoms with E-state index in [1.54, 1.807) is 0 Å². The molecule has 0 bridgehead atoms. The quantitative estimate of drug-likeness (QED) is 0.861. The monoisotopic (exact) mass is 249 g/mol. The number of rotatable bonds is 3. The van der Waals surface area contributed by atoms with Crippen molar-refractivity contribution in [3.05, 3.63) is 20.3 Å². The molecule has 1 aromatic heterocycles. The van der Waals surface area contributed by atoms with Crippen molar-refractivity contribution in [3.8, 4) is 0 Å². The van der Waals surface area contributed by atoms with E-state index in [1.165, 1.54) is 42.7 Å². The number of halogens is 2. The minimum Gasteiger partial charge on any atom is -0.314 e. The maximum Gasteiger partial charge on any atom is 0.0976 e. The van der Waals surface area contributed by atoms with Gasteiger partial charge in [0.05, 0.1) is 8.67 Å². The van der Waals surface area contributed by atoms with E-state index in [4.69, 9.17) is 23.2 Å². The number of thiophene rings is 1. The lowest BCUT2D eigenvalue weighted by Crippen LogP contribution is -2.21. The Morgan fingerprint density at radius 3 is 2.93 bits per heavy atom. The summed E-state index contributed by atoms with van der Waals surface area (Å²) in [6, 6.07) is 2.67. The van der Waals surface area contributed by atoms with E-state index in [2.05, 4.69) is 5.32 Å². The van der Waals surface area contributed by atoms with Gasteiger partial charge >= 0.3 is 0 Å². The van der Waals surface area contributed by atoms with Gasteiger partial charge in [0.1, 0.15) is 0 Å². The summed E-state index contributed by atoms with van der Waals surface area (Å²) in [5, 5.41) is 3.48. The summed E-state index contributed by atoms with van der Waals surface area (Å²) in [6.45, 7) is 1.17. The van der Waals surface area contributed by atoms with E-state index in [0.29, 0.717) is 6.04 Å². The third kappa shape index (κ3) is 2.63. The van der Waals surface area contributed by atoms with Crippen molar-refractivity contribution in [1.29, 1.82) is 0 Å². The molecule has 0 amide bonds. The highest BCUT2D eigenvalue weighted by atomic mass is 35.5. The van der Waals surface area contributed by atoms with Crippen LogP contribution < -0.4 is 5.32 Å². The molecule has 0 aliphatic carbocycles. The standard InChI is InChI=1S/C10H13Cl2NS/c11-9-6-7(10(12)14-9)3-4-8-2-1-5-13-8/h6,8,13H,1-5H2. The first kappa shape index (κ1) is 10.7. The van der Waals surface area contributed by atoms with E-state index in [0.717, 1.165) is 15.1 Å². The number of nitrogens with one attached hydrogen (secondary N) is 1. The van der Waals surface area contributed by atoms with Crippen molar-refractivity contribution in [1.82, 2.24) is 5.32 Å². The molecule has 0 radical (unpaired) electrons. The molecule has 1 aliphatic heterocycles. The van der Waals surface area contributed by atoms with Crippen LogP contribution in [0.15, 0.2) is 6.07 Å². The van der Waals surface area contributed by atoms with Crippen molar-refractivity contribution in [2.75, 3.05) is 6.54 Å². The molecule has 1 aliphatic rings. The maximum atomic E-state index is 6.04. The van der Waals surface area contributed by atoms with Crippen LogP contribution in [0.3, 0.4) is 0 Å². The van der Waals surface area contributed by atoms with E-state index < -0.39 is 0 Å². The highest BCUT2D eigenvalue weighted by molar-refractivity contribution is 7.20. The average molecular weight is 250 g/mol. The molecular weight excluding hydrogens is 237 g/mol. The molecule has 1 unspecified atom stereocenters. The predicted octanol–water partition coefficient (Wildman–Crippen LogP) is 3.74. The summed E-state index contributed by atoms with van der Waals surface area (Å²) in [5.41, 5.74) is 1.20. The maximum absolute atomic E-state index is 6.04. The Kier molecular flexibility index (Phi) is 3.72. The summed E-state index contributed by atoms with van der Waals surface area (Å²) >= 11 is 13.4. The first-order valence-electron chi connectivity index (χ1n) is 4.93. The van der Waals surface area contributed by atoms with E-state index in [1.807, 2.05) is 6.07 Å². The van der Waals surface area contributed by atoms with Gasteiger partial charge in [0.2, 0.25) is 0 Å². The minimum atomic E-state index is 0.685. The molecule has 1 atom stereocenters. The van der Waals surface area contributed by atoms with E-state index in [9.17, 15) is 0 Å². The van der Waals surface area contributed by atoms with Crippen molar-refractivity contribution < 1.29 is 0 Å². The molecule has 1 nitrogen and oxygen atoms in total. The molecule has 14 heavy (non-hydrogen) atoms. The lowest BCUT2D eigenvalue weighted by Gasteiger charge is -2.08. The normalized spacial score (nSPS) is 21.7. The van der Waals surface area contributed by atoms with Gasteiger partial charge in [-0.2, -0.15) is 0 Å². The Bertz CT molecular complexity index is 305. The van der Waals surface area contributed by atoms with Crippen LogP contribution in [0.4, 0.5) is 0 Å². The van der Waals surface area contributed by atoms with Crippen molar-refractivity contribution in [3.63, 3.8) is 0 Å². The van der Waals surface area contributed by atoms with Gasteiger partial charge in [-0.05, 0) is 43.9 Å². The zero-order chi connectivity index (χ0) is 9.97. The first-order valence-corrected chi connectivity index (χ1v) is 6.50. The van der Waals surface area contributed by atoms with Gasteiger partial charge in [-0.25, -0.2) is 0 Å². The molecule has 1 N–H and O–H groups in total. The molecule has 1 fully saturated rings. The smallest absolute Gasteiger partial charge is 0.0976 e. The summed E-state index contributed by atoms with van der Waals surface area (Å²) in [5.74, 6) is 0. The average Bonchev–Trinajstić information content (AvgIpc) is 2.72. The first-order chi connectivity index (χ1) is 6.75. The van der Waals surface area contributed by atoms with Gasteiger partial charge in [0, 0.05) is 6.04 Å². The molecule has 0 spiro atoms. The molecule has 4 heteroatoms. The summed E-state index contributed by atoms with van der Waals surface area (Å²) < 4.78 is 1.65. The largest absolute Gasteiger partial charge is 0.314 e. The fourth-order valence-corrected chi connectivity index (χ4v) is 3.42. The van der Waals surface area contributed by atoms with Crippen molar-refractivity contribution in [2.45, 2.75) is 31.7 Å². The van der Waals surface area contributed by atoms with Crippen LogP contribution in [0.5, 0.6) is 0 Å². The van der Waals surface area contributed by atoms with Crippen LogP contribution in [-0.2, 0) is 6.42 Å². The fraction of sp³-hybridized carbons (Fsp3) is 0.600. The number of hydrogen-bond donors (Lipinski definition) is 1. The second-order valence-electron chi connectivity index (χ2n) is 3.68. The fourth-order valence-electron chi connectivity index (χ4n) is 1.88. The molecule has 2 heterocycles. The molecule has 1 aromatic rings. The SMILES string of the molecule is Clc1cc(CCC2CCCN2)c(Cl)s1. The molecule has 2 rings (SSSR count). The lowest BCUT2D eigenvalue weighted by molar-refractivity contribution is 0.559. The van der Waals surface area contributed by atoms with Crippen molar-refractivity contribution in [2.24, 2.45) is 0 Å². The molecule has 1 saturated heterocycles. The van der Waals surface area contributed by atoms with Gasteiger partial charge in [-0.3, -0.25) is 0 Å². The van der Waals surface area contributed by atoms with Gasteiger partial charge in [0.15, 0.2) is 0 Å². The Morgan fingerprint density at radius 1 is 1.50 bits per heavy atom. The predicted molar refractivity (Wildman–Crippen MR) is 63.7 cm³/mol. The zero-order valence-corrected chi connectivity index (χ0v) is 10.2. The molecular formula is C10H13Cl2NS.